The Balaban J connectivity index is 0.00000729. The number of hydrazine groups is 1. The van der Waals surface area contributed by atoms with Crippen LogP contribution >= 0.6 is 12.4 Å². The Morgan fingerprint density at radius 2 is 2.00 bits per heavy atom. The number of nitrogens with two attached hydrogens (primary N) is 2. The monoisotopic (exact) mass is 422 g/mol. The molecule has 0 unspecified atom stereocenters. The first-order valence-corrected chi connectivity index (χ1v) is 9.48. The van der Waals surface area contributed by atoms with Crippen LogP contribution in [0.2, 0.25) is 0 Å². The second kappa shape index (κ2) is 12.7. The van der Waals surface area contributed by atoms with Crippen molar-refractivity contribution in [2.75, 3.05) is 26.2 Å². The van der Waals surface area contributed by atoms with Crippen molar-refractivity contribution in [1.82, 2.24) is 10.3 Å². The van der Waals surface area contributed by atoms with Crippen molar-refractivity contribution in [3.05, 3.63) is 10.1 Å². The molecule has 1 amide bonds. The molecule has 1 rings (SSSR count). The number of halogens is 1. The molecule has 10 nitrogen and oxygen atoms in total. The molecule has 1 heterocycles. The summed E-state index contributed by atoms with van der Waals surface area (Å²) < 4.78 is 5.78. The van der Waals surface area contributed by atoms with Gasteiger partial charge in [0.15, 0.2) is 5.03 Å². The van der Waals surface area contributed by atoms with E-state index >= 15 is 0 Å². The number of hydrogen-bond donors (Lipinski definition) is 3. The van der Waals surface area contributed by atoms with Gasteiger partial charge in [0.1, 0.15) is 0 Å². The Labute approximate surface area is 173 Å². The molecule has 0 radical (unpaired) electrons. The molecule has 1 aliphatic heterocycles. The van der Waals surface area contributed by atoms with Gasteiger partial charge in [-0.15, -0.1) is 12.4 Å². The Morgan fingerprint density at radius 3 is 2.54 bits per heavy atom. The van der Waals surface area contributed by atoms with Gasteiger partial charge in [-0.3, -0.25) is 4.79 Å². The average Bonchev–Trinajstić information content (AvgIpc) is 2.56. The first kappa shape index (κ1) is 26.4. The number of nitrogens with one attached hydrogen (secondary N) is 1. The molecule has 1 atom stereocenters. The SMILES string of the molecule is CC(C)(C)OCCC1CCN(C(=O)[C@@H](N)CCCN=C(N)N[N+](=O)[O-])CC1.Cl. The second-order valence-electron chi connectivity index (χ2n) is 7.90. The fourth-order valence-electron chi connectivity index (χ4n) is 2.97. The van der Waals surface area contributed by atoms with Gasteiger partial charge in [-0.2, -0.15) is 0 Å². The molecule has 0 aromatic carbocycles. The highest BCUT2D eigenvalue weighted by molar-refractivity contribution is 5.85. The number of carbonyl (C=O) groups excluding carboxylic acids is 1. The van der Waals surface area contributed by atoms with Crippen LogP contribution in [0.5, 0.6) is 0 Å². The molecule has 11 heteroatoms. The minimum atomic E-state index is -0.771. The number of rotatable bonds is 9. The smallest absolute Gasteiger partial charge is 0.251 e. The molecule has 0 aromatic heterocycles. The van der Waals surface area contributed by atoms with E-state index in [1.165, 1.54) is 0 Å². The molecule has 164 valence electrons. The predicted octanol–water partition coefficient (Wildman–Crippen LogP) is 1.06. The van der Waals surface area contributed by atoms with Crippen LogP contribution in [0.25, 0.3) is 0 Å². The normalized spacial score (nSPS) is 17.0. The van der Waals surface area contributed by atoms with E-state index in [9.17, 15) is 14.9 Å². The van der Waals surface area contributed by atoms with Crippen molar-refractivity contribution in [2.24, 2.45) is 22.4 Å². The van der Waals surface area contributed by atoms with E-state index in [4.69, 9.17) is 16.2 Å². The third kappa shape index (κ3) is 11.3. The van der Waals surface area contributed by atoms with Crippen molar-refractivity contribution in [3.8, 4) is 0 Å². The minimum absolute atomic E-state index is 0. The fraction of sp³-hybridized carbons (Fsp3) is 0.882. The molecule has 1 aliphatic rings. The van der Waals surface area contributed by atoms with E-state index in [0.29, 0.717) is 18.8 Å². The summed E-state index contributed by atoms with van der Waals surface area (Å²) in [5, 5.41) is 9.43. The van der Waals surface area contributed by atoms with Crippen molar-refractivity contribution in [2.45, 2.75) is 64.5 Å². The van der Waals surface area contributed by atoms with Crippen LogP contribution in [0, 0.1) is 16.0 Å². The van der Waals surface area contributed by atoms with Gasteiger partial charge >= 0.3 is 0 Å². The van der Waals surface area contributed by atoms with Crippen LogP contribution in [0.3, 0.4) is 0 Å². The summed E-state index contributed by atoms with van der Waals surface area (Å²) in [6.45, 7) is 8.63. The molecule has 0 bridgehead atoms. The molecule has 28 heavy (non-hydrogen) atoms. The van der Waals surface area contributed by atoms with Crippen LogP contribution in [-0.2, 0) is 9.53 Å². The molecule has 5 N–H and O–H groups in total. The highest BCUT2D eigenvalue weighted by atomic mass is 35.5. The van der Waals surface area contributed by atoms with E-state index in [1.807, 2.05) is 25.7 Å². The first-order valence-electron chi connectivity index (χ1n) is 9.48. The summed E-state index contributed by atoms with van der Waals surface area (Å²) in [4.78, 5) is 28.3. The summed E-state index contributed by atoms with van der Waals surface area (Å²) in [5.74, 6) is 0.288. The standard InChI is InChI=1S/C17H34N6O4.ClH/c1-17(2,3)27-12-8-13-6-10-22(11-7-13)15(24)14(18)5-4-9-20-16(19)21-23(25)26;/h13-14H,4-12,18H2,1-3H3,(H3,19,20,21);1H/t14-;/m0./s1. The lowest BCUT2D eigenvalue weighted by molar-refractivity contribution is -0.525. The van der Waals surface area contributed by atoms with Crippen molar-refractivity contribution in [3.63, 3.8) is 0 Å². The minimum Gasteiger partial charge on any atom is -0.376 e. The van der Waals surface area contributed by atoms with Crippen LogP contribution in [0.15, 0.2) is 4.99 Å². The van der Waals surface area contributed by atoms with Crippen LogP contribution in [-0.4, -0.2) is 59.7 Å². The largest absolute Gasteiger partial charge is 0.376 e. The number of ether oxygens (including phenoxy) is 1. The average molecular weight is 423 g/mol. The summed E-state index contributed by atoms with van der Waals surface area (Å²) >= 11 is 0. The van der Waals surface area contributed by atoms with Gasteiger partial charge in [0.25, 0.3) is 5.96 Å². The van der Waals surface area contributed by atoms with Gasteiger partial charge in [-0.1, -0.05) is 5.43 Å². The van der Waals surface area contributed by atoms with Crippen LogP contribution in [0.4, 0.5) is 0 Å². The number of guanidine groups is 1. The van der Waals surface area contributed by atoms with Crippen LogP contribution < -0.4 is 16.9 Å². The topological polar surface area (TPSA) is 149 Å². The molecule has 0 aromatic rings. The van der Waals surface area contributed by atoms with Gasteiger partial charge in [0, 0.05) is 26.2 Å². The zero-order valence-electron chi connectivity index (χ0n) is 17.1. The predicted molar refractivity (Wildman–Crippen MR) is 111 cm³/mol. The first-order chi connectivity index (χ1) is 12.6. The number of nitro groups is 1. The van der Waals surface area contributed by atoms with E-state index in [0.717, 1.165) is 39.0 Å². The lowest BCUT2D eigenvalue weighted by Gasteiger charge is -2.34. The molecular weight excluding hydrogens is 388 g/mol. The lowest BCUT2D eigenvalue weighted by atomic mass is 9.93. The Kier molecular flexibility index (Phi) is 12.0. The number of likely N-dealkylation sites (tertiary alicyclic amines) is 1. The molecule has 0 saturated carbocycles. The highest BCUT2D eigenvalue weighted by Crippen LogP contribution is 2.22. The maximum absolute atomic E-state index is 12.4. The van der Waals surface area contributed by atoms with Crippen LogP contribution in [0.1, 0.15) is 52.9 Å². The number of piperidine rings is 1. The Hall–Kier alpha value is -1.65. The third-order valence-corrected chi connectivity index (χ3v) is 4.47. The third-order valence-electron chi connectivity index (χ3n) is 4.47. The van der Waals surface area contributed by atoms with E-state index in [1.54, 1.807) is 5.43 Å². The summed E-state index contributed by atoms with van der Waals surface area (Å²) in [6, 6.07) is -0.578. The summed E-state index contributed by atoms with van der Waals surface area (Å²) in [5.41, 5.74) is 13.0. The molecular formula is C17H35ClN6O4. The molecule has 1 fully saturated rings. The second-order valence-corrected chi connectivity index (χ2v) is 7.90. The van der Waals surface area contributed by atoms with Gasteiger partial charge in [0.05, 0.1) is 11.6 Å². The number of nitrogens with zero attached hydrogens (tertiary/aromatic N) is 3. The quantitative estimate of drug-likeness (QED) is 0.165. The maximum Gasteiger partial charge on any atom is 0.251 e. The lowest BCUT2D eigenvalue weighted by Crippen LogP contribution is -2.47. The number of aliphatic imine (C=N–C) groups is 1. The molecule has 1 saturated heterocycles. The van der Waals surface area contributed by atoms with Gasteiger partial charge in [0.2, 0.25) is 5.91 Å². The maximum atomic E-state index is 12.4. The number of carbonyl (C=O) groups is 1. The Morgan fingerprint density at radius 1 is 1.39 bits per heavy atom. The van der Waals surface area contributed by atoms with Gasteiger partial charge < -0.3 is 21.1 Å². The molecule has 0 aliphatic carbocycles. The van der Waals surface area contributed by atoms with Crippen molar-refractivity contribution < 1.29 is 14.6 Å². The van der Waals surface area contributed by atoms with Gasteiger partial charge in [-0.25, -0.2) is 15.1 Å². The number of amides is 1. The fourth-order valence-corrected chi connectivity index (χ4v) is 2.97. The van der Waals surface area contributed by atoms with Crippen molar-refractivity contribution in [1.29, 1.82) is 0 Å². The van der Waals surface area contributed by atoms with Crippen molar-refractivity contribution >= 4 is 24.3 Å². The molecule has 0 spiro atoms. The summed E-state index contributed by atoms with van der Waals surface area (Å²) in [6.07, 6.45) is 3.96. The highest BCUT2D eigenvalue weighted by Gasteiger charge is 2.26. The summed E-state index contributed by atoms with van der Waals surface area (Å²) in [7, 11) is 0. The van der Waals surface area contributed by atoms with Gasteiger partial charge in [-0.05, 0) is 58.8 Å². The number of hydrogen-bond acceptors (Lipinski definition) is 6. The van der Waals surface area contributed by atoms with E-state index < -0.39 is 11.1 Å². The van der Waals surface area contributed by atoms with E-state index in [-0.39, 0.29) is 36.4 Å². The van der Waals surface area contributed by atoms with E-state index in [2.05, 4.69) is 4.99 Å². The zero-order valence-corrected chi connectivity index (χ0v) is 17.9. The zero-order chi connectivity index (χ0) is 20.4. The Bertz CT molecular complexity index is 518.